The van der Waals surface area contributed by atoms with Gasteiger partial charge in [-0.3, -0.25) is 0 Å². The van der Waals surface area contributed by atoms with E-state index in [1.807, 2.05) is 0 Å². The molecule has 0 unspecified atom stereocenters. The molecule has 2 aromatic heterocycles. The van der Waals surface area contributed by atoms with Crippen LogP contribution < -0.4 is 0 Å². The molecule has 2 heterocycles. The average Bonchev–Trinajstić information content (AvgIpc) is 2.63. The molecule has 4 nitrogen and oxygen atoms in total. The second-order valence-electron chi connectivity index (χ2n) is 5.41. The van der Waals surface area contributed by atoms with Crippen molar-refractivity contribution >= 4 is 22.6 Å². The first kappa shape index (κ1) is 13.6. The molecule has 1 fully saturated rings. The van der Waals surface area contributed by atoms with Crippen LogP contribution in [-0.4, -0.2) is 25.5 Å². The number of aliphatic hydroxyl groups is 1. The minimum Gasteiger partial charge on any atom is -0.390 e. The molecule has 0 aliphatic heterocycles. The van der Waals surface area contributed by atoms with Crippen molar-refractivity contribution in [3.8, 4) is 0 Å². The zero-order valence-corrected chi connectivity index (χ0v) is 11.2. The van der Waals surface area contributed by atoms with E-state index < -0.39 is 17.3 Å². The van der Waals surface area contributed by atoms with E-state index in [4.69, 9.17) is 11.6 Å². The van der Waals surface area contributed by atoms with E-state index in [0.717, 1.165) is 6.20 Å². The van der Waals surface area contributed by atoms with Crippen molar-refractivity contribution in [2.45, 2.75) is 37.6 Å². The lowest BCUT2D eigenvalue weighted by atomic mass is 9.77. The third kappa shape index (κ3) is 2.14. The highest BCUT2D eigenvalue weighted by atomic mass is 35.5. The molecule has 1 aliphatic rings. The summed E-state index contributed by atoms with van der Waals surface area (Å²) in [5, 5.41) is 17.0. The van der Waals surface area contributed by atoms with Crippen molar-refractivity contribution in [3.05, 3.63) is 23.0 Å². The second-order valence-corrected chi connectivity index (χ2v) is 5.80. The maximum absolute atomic E-state index is 13.0. The third-order valence-corrected chi connectivity index (χ3v) is 3.78. The largest absolute Gasteiger partial charge is 0.418 e. The smallest absolute Gasteiger partial charge is 0.390 e. The Morgan fingerprint density at radius 3 is 2.60 bits per heavy atom. The fraction of sp³-hybridized carbons (Fsp3) is 0.500. The SMILES string of the molecule is CC1(O)CC(n2cc(C(F)(F)F)c3cc(Cl)nnc32)C1. The molecule has 1 N–H and O–H groups in total. The van der Waals surface area contributed by atoms with Crippen LogP contribution in [0.4, 0.5) is 13.2 Å². The van der Waals surface area contributed by atoms with Crippen LogP contribution in [0.5, 0.6) is 0 Å². The predicted octanol–water partition coefficient (Wildman–Crippen LogP) is 3.19. The van der Waals surface area contributed by atoms with Crippen LogP contribution in [0.25, 0.3) is 11.0 Å². The first-order valence-corrected chi connectivity index (χ1v) is 6.38. The molecule has 108 valence electrons. The molecule has 0 radical (unpaired) electrons. The van der Waals surface area contributed by atoms with E-state index in [1.165, 1.54) is 10.6 Å². The van der Waals surface area contributed by atoms with E-state index in [0.29, 0.717) is 12.8 Å². The maximum atomic E-state index is 13.0. The van der Waals surface area contributed by atoms with Crippen LogP contribution in [0.2, 0.25) is 5.15 Å². The molecular weight excluding hydrogens is 295 g/mol. The number of rotatable bonds is 1. The fourth-order valence-electron chi connectivity index (χ4n) is 2.68. The van der Waals surface area contributed by atoms with E-state index in [9.17, 15) is 18.3 Å². The first-order chi connectivity index (χ1) is 9.17. The molecule has 3 rings (SSSR count). The molecule has 2 aromatic rings. The minimum atomic E-state index is -4.48. The minimum absolute atomic E-state index is 0.0657. The highest BCUT2D eigenvalue weighted by Gasteiger charge is 2.42. The molecule has 0 atom stereocenters. The van der Waals surface area contributed by atoms with Gasteiger partial charge in [-0.2, -0.15) is 13.2 Å². The van der Waals surface area contributed by atoms with Crippen LogP contribution in [0.15, 0.2) is 12.3 Å². The molecule has 0 bridgehead atoms. The maximum Gasteiger partial charge on any atom is 0.418 e. The topological polar surface area (TPSA) is 50.9 Å². The van der Waals surface area contributed by atoms with Gasteiger partial charge in [0, 0.05) is 17.6 Å². The lowest BCUT2D eigenvalue weighted by Gasteiger charge is -2.41. The van der Waals surface area contributed by atoms with Gasteiger partial charge in [0.2, 0.25) is 0 Å². The van der Waals surface area contributed by atoms with E-state index in [1.54, 1.807) is 6.92 Å². The van der Waals surface area contributed by atoms with Gasteiger partial charge in [0.05, 0.1) is 11.2 Å². The number of halogens is 4. The van der Waals surface area contributed by atoms with Gasteiger partial charge in [0.25, 0.3) is 0 Å². The number of nitrogens with zero attached hydrogens (tertiary/aromatic N) is 3. The van der Waals surface area contributed by atoms with Crippen LogP contribution in [0.1, 0.15) is 31.4 Å². The summed E-state index contributed by atoms with van der Waals surface area (Å²) >= 11 is 5.63. The normalized spacial score (nSPS) is 26.8. The number of hydrogen-bond acceptors (Lipinski definition) is 3. The molecule has 0 aromatic carbocycles. The molecule has 8 heteroatoms. The molecular formula is C12H11ClF3N3O. The summed E-state index contributed by atoms with van der Waals surface area (Å²) in [4.78, 5) is 0. The number of hydrogen-bond donors (Lipinski definition) is 1. The van der Waals surface area contributed by atoms with Crippen molar-refractivity contribution < 1.29 is 18.3 Å². The van der Waals surface area contributed by atoms with E-state index in [2.05, 4.69) is 10.2 Å². The van der Waals surface area contributed by atoms with Gasteiger partial charge < -0.3 is 9.67 Å². The molecule has 20 heavy (non-hydrogen) atoms. The highest BCUT2D eigenvalue weighted by molar-refractivity contribution is 6.29. The van der Waals surface area contributed by atoms with Crippen molar-refractivity contribution in [2.75, 3.05) is 0 Å². The fourth-order valence-corrected chi connectivity index (χ4v) is 2.82. The van der Waals surface area contributed by atoms with Crippen LogP contribution in [-0.2, 0) is 6.18 Å². The summed E-state index contributed by atoms with van der Waals surface area (Å²) in [6.07, 6.45) is -2.69. The Labute approximate surface area is 117 Å². The van der Waals surface area contributed by atoms with Crippen molar-refractivity contribution in [2.24, 2.45) is 0 Å². The Morgan fingerprint density at radius 2 is 2.05 bits per heavy atom. The lowest BCUT2D eigenvalue weighted by Crippen LogP contribution is -2.41. The zero-order chi connectivity index (χ0) is 14.7. The van der Waals surface area contributed by atoms with Crippen LogP contribution in [0.3, 0.4) is 0 Å². The van der Waals surface area contributed by atoms with Crippen molar-refractivity contribution in [3.63, 3.8) is 0 Å². The molecule has 1 aliphatic carbocycles. The third-order valence-electron chi connectivity index (χ3n) is 3.60. The Kier molecular flexibility index (Phi) is 2.78. The summed E-state index contributed by atoms with van der Waals surface area (Å²) in [5.41, 5.74) is -1.47. The van der Waals surface area contributed by atoms with Crippen molar-refractivity contribution in [1.29, 1.82) is 0 Å². The Bertz CT molecular complexity index is 672. The quantitative estimate of drug-likeness (QED) is 0.880. The zero-order valence-electron chi connectivity index (χ0n) is 10.4. The van der Waals surface area contributed by atoms with Gasteiger partial charge in [-0.05, 0) is 25.8 Å². The Hall–Kier alpha value is -1.34. The lowest BCUT2D eigenvalue weighted by molar-refractivity contribution is -0.136. The van der Waals surface area contributed by atoms with Gasteiger partial charge in [0.15, 0.2) is 10.8 Å². The molecule has 0 saturated heterocycles. The van der Waals surface area contributed by atoms with Gasteiger partial charge >= 0.3 is 6.18 Å². The van der Waals surface area contributed by atoms with Gasteiger partial charge in [0.1, 0.15) is 0 Å². The summed E-state index contributed by atoms with van der Waals surface area (Å²) in [7, 11) is 0. The predicted molar refractivity (Wildman–Crippen MR) is 66.4 cm³/mol. The summed E-state index contributed by atoms with van der Waals surface area (Å²) < 4.78 is 40.6. The Balaban J connectivity index is 2.14. The highest BCUT2D eigenvalue weighted by Crippen LogP contribution is 2.44. The number of fused-ring (bicyclic) bond motifs is 1. The first-order valence-electron chi connectivity index (χ1n) is 6.01. The molecule has 0 spiro atoms. The van der Waals surface area contributed by atoms with Gasteiger partial charge in [-0.1, -0.05) is 11.6 Å². The van der Waals surface area contributed by atoms with E-state index >= 15 is 0 Å². The van der Waals surface area contributed by atoms with Gasteiger partial charge in [-0.25, -0.2) is 0 Å². The standard InChI is InChI=1S/C12H11ClF3N3O/c1-11(20)3-6(4-11)19-5-8(12(14,15)16)7-2-9(13)17-18-10(7)19/h2,5-6,20H,3-4H2,1H3. The average molecular weight is 306 g/mol. The number of alkyl halides is 3. The molecule has 1 saturated carbocycles. The van der Waals surface area contributed by atoms with Gasteiger partial charge in [-0.15, -0.1) is 10.2 Å². The molecule has 0 amide bonds. The number of aromatic nitrogens is 3. The summed E-state index contributed by atoms with van der Waals surface area (Å²) in [6, 6.07) is 0.957. The van der Waals surface area contributed by atoms with E-state index in [-0.39, 0.29) is 22.2 Å². The van der Waals surface area contributed by atoms with Crippen LogP contribution >= 0.6 is 11.6 Å². The van der Waals surface area contributed by atoms with Crippen molar-refractivity contribution in [1.82, 2.24) is 14.8 Å². The van der Waals surface area contributed by atoms with Crippen LogP contribution in [0, 0.1) is 0 Å². The summed E-state index contributed by atoms with van der Waals surface area (Å²) in [5.74, 6) is 0. The summed E-state index contributed by atoms with van der Waals surface area (Å²) in [6.45, 7) is 1.66. The Morgan fingerprint density at radius 1 is 1.40 bits per heavy atom. The second kappa shape index (κ2) is 4.08. The monoisotopic (exact) mass is 305 g/mol.